The van der Waals surface area contributed by atoms with Crippen molar-refractivity contribution in [2.45, 2.75) is 30.1 Å². The van der Waals surface area contributed by atoms with Gasteiger partial charge in [-0.05, 0) is 31.2 Å². The van der Waals surface area contributed by atoms with Crippen molar-refractivity contribution in [3.05, 3.63) is 59.9 Å². The summed E-state index contributed by atoms with van der Waals surface area (Å²) >= 11 is 7.29. The predicted octanol–water partition coefficient (Wildman–Crippen LogP) is 3.26. The third kappa shape index (κ3) is 5.43. The van der Waals surface area contributed by atoms with Gasteiger partial charge in [0.25, 0.3) is 0 Å². The molecule has 0 spiro atoms. The van der Waals surface area contributed by atoms with Crippen LogP contribution in [0.3, 0.4) is 0 Å². The highest BCUT2D eigenvalue weighted by Gasteiger charge is 2.17. The summed E-state index contributed by atoms with van der Waals surface area (Å²) in [6.45, 7) is 10.0. The van der Waals surface area contributed by atoms with Crippen LogP contribution in [0.25, 0.3) is 0 Å². The Bertz CT molecular complexity index is 861. The fourth-order valence-corrected chi connectivity index (χ4v) is 3.83. The van der Waals surface area contributed by atoms with Gasteiger partial charge in [0.05, 0.1) is 11.4 Å². The Balaban J connectivity index is 2.15. The average molecular weight is 399 g/mol. The Morgan fingerprint density at radius 1 is 1.36 bits per heavy atom. The predicted molar refractivity (Wildman–Crippen MR) is 101 cm³/mol. The summed E-state index contributed by atoms with van der Waals surface area (Å²) in [5, 5.41) is 9.39. The Labute approximate surface area is 157 Å². The van der Waals surface area contributed by atoms with Crippen molar-refractivity contribution in [2.24, 2.45) is 0 Å². The first kappa shape index (κ1) is 19.7. The zero-order chi connectivity index (χ0) is 18.4. The van der Waals surface area contributed by atoms with Gasteiger partial charge in [0.2, 0.25) is 10.0 Å². The molecule has 1 aromatic carbocycles. The average Bonchev–Trinajstić information content (AvgIpc) is 2.94. The van der Waals surface area contributed by atoms with E-state index >= 15 is 0 Å². The molecule has 9 heteroatoms. The van der Waals surface area contributed by atoms with Gasteiger partial charge in [-0.3, -0.25) is 0 Å². The van der Waals surface area contributed by atoms with Crippen LogP contribution in [0.1, 0.15) is 12.7 Å². The van der Waals surface area contributed by atoms with Gasteiger partial charge in [0, 0.05) is 17.3 Å². The van der Waals surface area contributed by atoms with E-state index in [-0.39, 0.29) is 11.4 Å². The smallest absolute Gasteiger partial charge is 0.240 e. The highest BCUT2D eigenvalue weighted by Crippen LogP contribution is 2.20. The van der Waals surface area contributed by atoms with E-state index in [0.29, 0.717) is 28.3 Å². The van der Waals surface area contributed by atoms with Gasteiger partial charge in [-0.1, -0.05) is 41.6 Å². The molecule has 1 N–H and O–H groups in total. The lowest BCUT2D eigenvalue weighted by Gasteiger charge is -2.09. The third-order valence-electron chi connectivity index (χ3n) is 3.10. The van der Waals surface area contributed by atoms with Gasteiger partial charge >= 0.3 is 0 Å². The molecule has 0 fully saturated rings. The lowest BCUT2D eigenvalue weighted by molar-refractivity contribution is 0.574. The van der Waals surface area contributed by atoms with Crippen LogP contribution in [0.4, 0.5) is 0 Å². The molecule has 0 atom stereocenters. The zero-order valence-corrected chi connectivity index (χ0v) is 16.2. The van der Waals surface area contributed by atoms with Crippen LogP contribution in [-0.4, -0.2) is 28.9 Å². The first-order chi connectivity index (χ1) is 11.8. The first-order valence-electron chi connectivity index (χ1n) is 7.39. The lowest BCUT2D eigenvalue weighted by atomic mass is 10.4. The quantitative estimate of drug-likeness (QED) is 0.518. The molecular formula is C16H19ClN4O2S2. The molecule has 6 nitrogen and oxygen atoms in total. The molecule has 2 rings (SSSR count). The van der Waals surface area contributed by atoms with Gasteiger partial charge in [0.1, 0.15) is 5.82 Å². The van der Waals surface area contributed by atoms with Crippen LogP contribution < -0.4 is 4.72 Å². The van der Waals surface area contributed by atoms with Crippen LogP contribution in [0.5, 0.6) is 0 Å². The van der Waals surface area contributed by atoms with Crippen LogP contribution in [0.2, 0.25) is 5.02 Å². The number of thioether (sulfide) groups is 1. The fourth-order valence-electron chi connectivity index (χ4n) is 1.91. The minimum atomic E-state index is -3.66. The number of hydrogen-bond acceptors (Lipinski definition) is 5. The second-order valence-corrected chi connectivity index (χ2v) is 8.47. The second kappa shape index (κ2) is 8.66. The van der Waals surface area contributed by atoms with Crippen LogP contribution in [0.15, 0.2) is 59.1 Å². The number of benzene rings is 1. The molecule has 0 radical (unpaired) electrons. The number of nitrogens with one attached hydrogen (secondary N) is 1. The Hall–Kier alpha value is -1.61. The summed E-state index contributed by atoms with van der Waals surface area (Å²) in [5.74, 6) is 1.23. The summed E-state index contributed by atoms with van der Waals surface area (Å²) in [5.41, 5.74) is 1.02. The number of allylic oxidation sites excluding steroid dienone is 1. The first-order valence-corrected chi connectivity index (χ1v) is 10.2. The Morgan fingerprint density at radius 3 is 2.64 bits per heavy atom. The highest BCUT2D eigenvalue weighted by molar-refractivity contribution is 7.99. The zero-order valence-electron chi connectivity index (χ0n) is 13.8. The van der Waals surface area contributed by atoms with E-state index in [1.165, 1.54) is 36.0 Å². The minimum Gasteiger partial charge on any atom is -0.301 e. The maximum atomic E-state index is 12.4. The number of sulfonamides is 1. The molecule has 0 unspecified atom stereocenters. The van der Waals surface area contributed by atoms with Crippen molar-refractivity contribution in [3.8, 4) is 0 Å². The SMILES string of the molecule is C=CCn1c(CNS(=O)(=O)c2ccc(Cl)cc2)nnc1SCC(=C)C. The number of hydrogen-bond donors (Lipinski definition) is 1. The summed E-state index contributed by atoms with van der Waals surface area (Å²) < 4.78 is 29.1. The van der Waals surface area contributed by atoms with Crippen molar-refractivity contribution in [1.82, 2.24) is 19.5 Å². The molecule has 1 aromatic heterocycles. The molecule has 0 saturated carbocycles. The summed E-state index contributed by atoms with van der Waals surface area (Å²) in [6.07, 6.45) is 1.71. The normalized spacial score (nSPS) is 11.4. The van der Waals surface area contributed by atoms with Crippen LogP contribution >= 0.6 is 23.4 Å². The summed E-state index contributed by atoms with van der Waals surface area (Å²) in [7, 11) is -3.66. The van der Waals surface area contributed by atoms with Crippen LogP contribution in [-0.2, 0) is 23.1 Å². The van der Waals surface area contributed by atoms with Crippen molar-refractivity contribution < 1.29 is 8.42 Å². The van der Waals surface area contributed by atoms with E-state index < -0.39 is 10.0 Å². The van der Waals surface area contributed by atoms with E-state index in [1.54, 1.807) is 6.08 Å². The van der Waals surface area contributed by atoms with Crippen molar-refractivity contribution in [3.63, 3.8) is 0 Å². The Morgan fingerprint density at radius 2 is 2.04 bits per heavy atom. The monoisotopic (exact) mass is 398 g/mol. The molecule has 0 aliphatic rings. The summed E-state index contributed by atoms with van der Waals surface area (Å²) in [4.78, 5) is 0.142. The number of halogens is 1. The van der Waals surface area contributed by atoms with Crippen LogP contribution in [0, 0.1) is 0 Å². The minimum absolute atomic E-state index is 0.0272. The number of rotatable bonds is 9. The number of nitrogens with zero attached hydrogens (tertiary/aromatic N) is 3. The van der Waals surface area contributed by atoms with E-state index in [0.717, 1.165) is 5.57 Å². The van der Waals surface area contributed by atoms with Gasteiger partial charge in [-0.15, -0.1) is 16.8 Å². The third-order valence-corrected chi connectivity index (χ3v) is 5.96. The standard InChI is InChI=1S/C16H19ClN4O2S2/c1-4-9-21-15(19-20-16(21)24-11-12(2)3)10-18-25(22,23)14-7-5-13(17)6-8-14/h4-8,18H,1-2,9-11H2,3H3. The van der Waals surface area contributed by atoms with Gasteiger partial charge in [-0.2, -0.15) is 0 Å². The highest BCUT2D eigenvalue weighted by atomic mass is 35.5. The van der Waals surface area contributed by atoms with Crippen molar-refractivity contribution >= 4 is 33.4 Å². The molecule has 0 aliphatic heterocycles. The molecule has 0 amide bonds. The van der Waals surface area contributed by atoms with Gasteiger partial charge < -0.3 is 4.57 Å². The lowest BCUT2D eigenvalue weighted by Crippen LogP contribution is -2.25. The largest absolute Gasteiger partial charge is 0.301 e. The van der Waals surface area contributed by atoms with E-state index in [2.05, 4.69) is 28.1 Å². The molecule has 0 bridgehead atoms. The maximum absolute atomic E-state index is 12.4. The topological polar surface area (TPSA) is 76.9 Å². The maximum Gasteiger partial charge on any atom is 0.240 e. The molecule has 25 heavy (non-hydrogen) atoms. The van der Waals surface area contributed by atoms with Gasteiger partial charge in [0.15, 0.2) is 5.16 Å². The molecule has 134 valence electrons. The van der Waals surface area contributed by atoms with E-state index in [4.69, 9.17) is 11.6 Å². The summed E-state index contributed by atoms with van der Waals surface area (Å²) in [6, 6.07) is 5.96. The molecule has 2 aromatic rings. The number of aromatic nitrogens is 3. The second-order valence-electron chi connectivity index (χ2n) is 5.32. The molecule has 0 saturated heterocycles. The van der Waals surface area contributed by atoms with E-state index in [1.807, 2.05) is 11.5 Å². The van der Waals surface area contributed by atoms with Gasteiger partial charge in [-0.25, -0.2) is 13.1 Å². The molecule has 0 aliphatic carbocycles. The van der Waals surface area contributed by atoms with E-state index in [9.17, 15) is 8.42 Å². The molecule has 1 heterocycles. The Kier molecular flexibility index (Phi) is 6.83. The fraction of sp³-hybridized carbons (Fsp3) is 0.250. The van der Waals surface area contributed by atoms with Crippen molar-refractivity contribution in [2.75, 3.05) is 5.75 Å². The van der Waals surface area contributed by atoms with Crippen molar-refractivity contribution in [1.29, 1.82) is 0 Å². The molecular weight excluding hydrogens is 380 g/mol.